The number of carbonyl (C=O) groups excluding carboxylic acids is 1. The van der Waals surface area contributed by atoms with E-state index in [4.69, 9.17) is 5.11 Å². The number of hydrogen-bond donors (Lipinski definition) is 1. The number of hydrogen-bond acceptors (Lipinski definition) is 2. The van der Waals surface area contributed by atoms with Crippen molar-refractivity contribution in [3.05, 3.63) is 106 Å². The lowest BCUT2D eigenvalue weighted by molar-refractivity contribution is -0.142. The third kappa shape index (κ3) is 4.57. The van der Waals surface area contributed by atoms with Gasteiger partial charge in [0.15, 0.2) is 0 Å². The van der Waals surface area contributed by atoms with E-state index in [1.807, 2.05) is 59.5 Å². The molecule has 0 spiro atoms. The molecule has 0 bridgehead atoms. The minimum absolute atomic E-state index is 0.132. The molecule has 1 saturated carbocycles. The summed E-state index contributed by atoms with van der Waals surface area (Å²) in [5.41, 5.74) is 2.81. The molecule has 5 heteroatoms. The summed E-state index contributed by atoms with van der Waals surface area (Å²) in [4.78, 5) is 27.0. The molecule has 3 aromatic rings. The van der Waals surface area contributed by atoms with Crippen molar-refractivity contribution in [2.24, 2.45) is 0 Å². The van der Waals surface area contributed by atoms with Gasteiger partial charge < -0.3 is 10.0 Å². The van der Waals surface area contributed by atoms with Crippen LogP contribution in [0, 0.1) is 0 Å². The average Bonchev–Trinajstić information content (AvgIpc) is 2.75. The van der Waals surface area contributed by atoms with Gasteiger partial charge in [0.05, 0.1) is 11.0 Å². The number of benzene rings is 3. The van der Waals surface area contributed by atoms with Crippen LogP contribution in [-0.4, -0.2) is 21.9 Å². The Bertz CT molecular complexity index is 1060. The zero-order chi connectivity index (χ0) is 21.8. The van der Waals surface area contributed by atoms with Gasteiger partial charge in [0.25, 0.3) is 0 Å². The Balaban J connectivity index is 1.65. The Morgan fingerprint density at radius 1 is 0.839 bits per heavy atom. The predicted octanol–water partition coefficient (Wildman–Crippen LogP) is 5.80. The van der Waals surface area contributed by atoms with Gasteiger partial charge in [0.1, 0.15) is 0 Å². The first kappa shape index (κ1) is 21.3. The lowest BCUT2D eigenvalue weighted by Crippen LogP contribution is -2.50. The van der Waals surface area contributed by atoms with E-state index in [1.54, 1.807) is 24.3 Å². The van der Waals surface area contributed by atoms with Crippen LogP contribution in [0.3, 0.4) is 0 Å². The first-order chi connectivity index (χ1) is 15.0. The second kappa shape index (κ2) is 9.06. The zero-order valence-electron chi connectivity index (χ0n) is 17.1. The molecule has 4 nitrogen and oxygen atoms in total. The van der Waals surface area contributed by atoms with Crippen molar-refractivity contribution in [3.8, 4) is 0 Å². The number of aromatic carboxylic acids is 1. The van der Waals surface area contributed by atoms with Gasteiger partial charge in [0.2, 0.25) is 5.91 Å². The van der Waals surface area contributed by atoms with Crippen LogP contribution < -0.4 is 0 Å². The summed E-state index contributed by atoms with van der Waals surface area (Å²) in [6, 6.07) is 24.8. The Kier molecular flexibility index (Phi) is 6.23. The van der Waals surface area contributed by atoms with E-state index in [1.165, 1.54) is 0 Å². The van der Waals surface area contributed by atoms with Crippen LogP contribution in [0.25, 0.3) is 0 Å². The molecule has 0 atom stereocenters. The van der Waals surface area contributed by atoms with Crippen molar-refractivity contribution in [1.29, 1.82) is 0 Å². The molecule has 3 aromatic carbocycles. The number of nitrogens with zero attached hydrogens (tertiary/aromatic N) is 1. The monoisotopic (exact) mass is 477 g/mol. The van der Waals surface area contributed by atoms with Crippen LogP contribution in [0.15, 0.2) is 83.3 Å². The number of rotatable bonds is 7. The quantitative estimate of drug-likeness (QED) is 0.467. The molecule has 1 N–H and O–H groups in total. The predicted molar refractivity (Wildman–Crippen MR) is 124 cm³/mol. The van der Waals surface area contributed by atoms with Crippen molar-refractivity contribution < 1.29 is 14.7 Å². The highest BCUT2D eigenvalue weighted by atomic mass is 79.9. The molecule has 1 aliphatic carbocycles. The van der Waals surface area contributed by atoms with Gasteiger partial charge in [0, 0.05) is 17.6 Å². The molecule has 158 valence electrons. The Morgan fingerprint density at radius 3 is 1.94 bits per heavy atom. The van der Waals surface area contributed by atoms with Crippen molar-refractivity contribution >= 4 is 27.8 Å². The minimum Gasteiger partial charge on any atom is -0.478 e. The van der Waals surface area contributed by atoms with Crippen LogP contribution in [0.2, 0.25) is 0 Å². The van der Waals surface area contributed by atoms with Gasteiger partial charge >= 0.3 is 5.97 Å². The maximum Gasteiger partial charge on any atom is 0.335 e. The van der Waals surface area contributed by atoms with E-state index in [2.05, 4.69) is 15.9 Å². The summed E-state index contributed by atoms with van der Waals surface area (Å²) in [5, 5.41) is 9.16. The van der Waals surface area contributed by atoms with Crippen LogP contribution in [0.5, 0.6) is 0 Å². The van der Waals surface area contributed by atoms with Gasteiger partial charge in [-0.15, -0.1) is 0 Å². The minimum atomic E-state index is -0.951. The smallest absolute Gasteiger partial charge is 0.335 e. The fourth-order valence-corrected chi connectivity index (χ4v) is 4.47. The van der Waals surface area contributed by atoms with E-state index in [0.717, 1.165) is 40.4 Å². The van der Waals surface area contributed by atoms with Crippen LogP contribution in [0.1, 0.15) is 46.3 Å². The van der Waals surface area contributed by atoms with Gasteiger partial charge in [-0.3, -0.25) is 4.79 Å². The van der Waals surface area contributed by atoms with Crippen molar-refractivity contribution in [2.45, 2.75) is 37.8 Å². The van der Waals surface area contributed by atoms with E-state index >= 15 is 0 Å². The molecular formula is C26H24BrNO3. The zero-order valence-corrected chi connectivity index (χ0v) is 18.7. The Morgan fingerprint density at radius 2 is 1.42 bits per heavy atom. The lowest BCUT2D eigenvalue weighted by Gasteiger charge is -2.44. The van der Waals surface area contributed by atoms with E-state index in [0.29, 0.717) is 13.1 Å². The van der Waals surface area contributed by atoms with E-state index < -0.39 is 11.4 Å². The SMILES string of the molecule is O=C(O)c1ccc(CN(Cc2ccccc2)C(=O)C2(c3ccc(Br)cc3)CCC2)cc1. The third-order valence-corrected chi connectivity index (χ3v) is 6.62. The first-order valence-corrected chi connectivity index (χ1v) is 11.2. The molecule has 31 heavy (non-hydrogen) atoms. The molecule has 4 rings (SSSR count). The standard InChI is InChI=1S/C26H24BrNO3/c27-23-13-11-22(12-14-23)26(15-4-16-26)25(31)28(17-19-5-2-1-3-6-19)18-20-7-9-21(10-8-20)24(29)30/h1-3,5-14H,4,15-18H2,(H,29,30). The van der Waals surface area contributed by atoms with Crippen molar-refractivity contribution in [1.82, 2.24) is 4.90 Å². The molecule has 0 aromatic heterocycles. The fourth-order valence-electron chi connectivity index (χ4n) is 4.20. The molecular weight excluding hydrogens is 454 g/mol. The van der Waals surface area contributed by atoms with Crippen LogP contribution >= 0.6 is 15.9 Å². The first-order valence-electron chi connectivity index (χ1n) is 10.4. The molecule has 0 heterocycles. The number of halogens is 1. The summed E-state index contributed by atoms with van der Waals surface area (Å²) in [6.45, 7) is 0.949. The second-order valence-corrected chi connectivity index (χ2v) is 9.01. The number of carboxylic acids is 1. The lowest BCUT2D eigenvalue weighted by atomic mass is 9.63. The van der Waals surface area contributed by atoms with Gasteiger partial charge in [-0.05, 0) is 53.8 Å². The normalized spacial score (nSPS) is 14.5. The maximum absolute atomic E-state index is 13.9. The Labute approximate surface area is 190 Å². The molecule has 1 aliphatic rings. The molecule has 0 saturated heterocycles. The van der Waals surface area contributed by atoms with Gasteiger partial charge in [-0.25, -0.2) is 4.79 Å². The Hall–Kier alpha value is -2.92. The summed E-state index contributed by atoms with van der Waals surface area (Å²) < 4.78 is 0.998. The molecule has 0 aliphatic heterocycles. The van der Waals surface area contributed by atoms with E-state index in [-0.39, 0.29) is 11.5 Å². The maximum atomic E-state index is 13.9. The highest BCUT2D eigenvalue weighted by molar-refractivity contribution is 9.10. The van der Waals surface area contributed by atoms with Gasteiger partial charge in [-0.1, -0.05) is 76.9 Å². The largest absolute Gasteiger partial charge is 0.478 e. The summed E-state index contributed by atoms with van der Waals surface area (Å²) in [7, 11) is 0. The highest BCUT2D eigenvalue weighted by Crippen LogP contribution is 2.46. The second-order valence-electron chi connectivity index (χ2n) is 8.09. The number of amides is 1. The summed E-state index contributed by atoms with van der Waals surface area (Å²) in [5.74, 6) is -0.820. The van der Waals surface area contributed by atoms with Crippen molar-refractivity contribution in [3.63, 3.8) is 0 Å². The van der Waals surface area contributed by atoms with Gasteiger partial charge in [-0.2, -0.15) is 0 Å². The van der Waals surface area contributed by atoms with Crippen LogP contribution in [-0.2, 0) is 23.3 Å². The fraction of sp³-hybridized carbons (Fsp3) is 0.231. The molecule has 0 radical (unpaired) electrons. The molecule has 1 fully saturated rings. The van der Waals surface area contributed by atoms with Crippen LogP contribution in [0.4, 0.5) is 0 Å². The number of carbonyl (C=O) groups is 2. The molecule has 0 unspecified atom stereocenters. The van der Waals surface area contributed by atoms with E-state index in [9.17, 15) is 9.59 Å². The summed E-state index contributed by atoms with van der Waals surface area (Å²) >= 11 is 3.49. The average molecular weight is 478 g/mol. The molecule has 1 amide bonds. The number of carboxylic acid groups (broad SMARTS) is 1. The highest BCUT2D eigenvalue weighted by Gasteiger charge is 2.47. The third-order valence-electron chi connectivity index (χ3n) is 6.09. The van der Waals surface area contributed by atoms with Crippen molar-refractivity contribution in [2.75, 3.05) is 0 Å². The summed E-state index contributed by atoms with van der Waals surface area (Å²) in [6.07, 6.45) is 2.72. The topological polar surface area (TPSA) is 57.6 Å².